The number of rotatable bonds is 7. The summed E-state index contributed by atoms with van der Waals surface area (Å²) in [6, 6.07) is 7.46. The van der Waals surface area contributed by atoms with Crippen molar-refractivity contribution in [2.75, 3.05) is 13.2 Å². The van der Waals surface area contributed by atoms with Crippen LogP contribution < -0.4 is 15.8 Å². The van der Waals surface area contributed by atoms with Crippen LogP contribution in [0.15, 0.2) is 24.3 Å². The third kappa shape index (κ3) is 4.22. The summed E-state index contributed by atoms with van der Waals surface area (Å²) in [5.41, 5.74) is 5.61. The van der Waals surface area contributed by atoms with Gasteiger partial charge in [0.05, 0.1) is 5.60 Å². The molecule has 5 nitrogen and oxygen atoms in total. The molecule has 19 heavy (non-hydrogen) atoms. The summed E-state index contributed by atoms with van der Waals surface area (Å²) >= 11 is 0. The lowest BCUT2D eigenvalue weighted by Crippen LogP contribution is -2.45. The lowest BCUT2D eigenvalue weighted by molar-refractivity contribution is -0.119. The zero-order chi connectivity index (χ0) is 13.7. The topological polar surface area (TPSA) is 84.6 Å². The Balaban J connectivity index is 1.73. The van der Waals surface area contributed by atoms with E-state index in [0.717, 1.165) is 24.8 Å². The number of nitrogens with one attached hydrogen (secondary N) is 1. The van der Waals surface area contributed by atoms with Crippen LogP contribution in [0.4, 0.5) is 0 Å². The molecule has 0 aromatic heterocycles. The zero-order valence-corrected chi connectivity index (χ0v) is 10.9. The van der Waals surface area contributed by atoms with Gasteiger partial charge in [-0.05, 0) is 37.0 Å². The van der Waals surface area contributed by atoms with E-state index >= 15 is 0 Å². The molecule has 2 rings (SSSR count). The van der Waals surface area contributed by atoms with Gasteiger partial charge in [-0.25, -0.2) is 0 Å². The fourth-order valence-electron chi connectivity index (χ4n) is 2.06. The number of hydrogen-bond acceptors (Lipinski definition) is 4. The molecule has 0 atom stereocenters. The molecule has 4 N–H and O–H groups in total. The molecule has 0 spiro atoms. The van der Waals surface area contributed by atoms with Crippen LogP contribution in [-0.2, 0) is 11.3 Å². The van der Waals surface area contributed by atoms with Crippen LogP contribution in [0.3, 0.4) is 0 Å². The van der Waals surface area contributed by atoms with Crippen molar-refractivity contribution in [3.63, 3.8) is 0 Å². The van der Waals surface area contributed by atoms with E-state index in [2.05, 4.69) is 5.32 Å². The fourth-order valence-corrected chi connectivity index (χ4v) is 2.06. The van der Waals surface area contributed by atoms with Gasteiger partial charge in [0.15, 0.2) is 6.61 Å². The van der Waals surface area contributed by atoms with Crippen LogP contribution in [0, 0.1) is 0 Å². The van der Waals surface area contributed by atoms with Gasteiger partial charge >= 0.3 is 0 Å². The van der Waals surface area contributed by atoms with Crippen LogP contribution in [0.5, 0.6) is 5.75 Å². The highest BCUT2D eigenvalue weighted by Gasteiger charge is 2.33. The number of carbonyl (C=O) groups excluding carboxylic acids is 1. The highest BCUT2D eigenvalue weighted by Crippen LogP contribution is 2.30. The summed E-state index contributed by atoms with van der Waals surface area (Å²) in [6.07, 6.45) is 2.89. The molecule has 0 bridgehead atoms. The Morgan fingerprint density at radius 1 is 1.37 bits per heavy atom. The lowest BCUT2D eigenvalue weighted by atomic mass is 9.80. The van der Waals surface area contributed by atoms with E-state index in [1.807, 2.05) is 12.1 Å². The molecule has 1 fully saturated rings. The first-order valence-corrected chi connectivity index (χ1v) is 6.51. The Morgan fingerprint density at radius 2 is 2.05 bits per heavy atom. The standard InChI is InChI=1S/C14H20N2O3/c15-13(17)9-19-12-4-2-11(3-5-12)8-16-10-14(18)6-1-7-14/h2-5,16,18H,1,6-10H2,(H2,15,17). The van der Waals surface area contributed by atoms with E-state index in [0.29, 0.717) is 18.8 Å². The molecule has 0 unspecified atom stereocenters. The molecule has 1 aromatic carbocycles. The molecular formula is C14H20N2O3. The fraction of sp³-hybridized carbons (Fsp3) is 0.500. The number of carbonyl (C=O) groups is 1. The van der Waals surface area contributed by atoms with E-state index in [9.17, 15) is 9.90 Å². The number of amides is 1. The van der Waals surface area contributed by atoms with Crippen molar-refractivity contribution >= 4 is 5.91 Å². The summed E-state index contributed by atoms with van der Waals surface area (Å²) in [6.45, 7) is 1.23. The molecule has 104 valence electrons. The van der Waals surface area contributed by atoms with Crippen LogP contribution in [0.25, 0.3) is 0 Å². The number of ether oxygens (including phenoxy) is 1. The van der Waals surface area contributed by atoms with Crippen LogP contribution in [0.1, 0.15) is 24.8 Å². The summed E-state index contributed by atoms with van der Waals surface area (Å²) in [7, 11) is 0. The Kier molecular flexibility index (Phi) is 4.39. The maximum atomic E-state index is 10.6. The zero-order valence-electron chi connectivity index (χ0n) is 10.9. The highest BCUT2D eigenvalue weighted by molar-refractivity contribution is 5.75. The maximum absolute atomic E-state index is 10.6. The molecule has 0 saturated heterocycles. The van der Waals surface area contributed by atoms with Gasteiger partial charge < -0.3 is 20.9 Å². The van der Waals surface area contributed by atoms with Gasteiger partial charge in [-0.2, -0.15) is 0 Å². The Hall–Kier alpha value is -1.59. The largest absolute Gasteiger partial charge is 0.484 e. The van der Waals surface area contributed by atoms with Gasteiger partial charge in [0.25, 0.3) is 5.91 Å². The van der Waals surface area contributed by atoms with E-state index in [-0.39, 0.29) is 6.61 Å². The smallest absolute Gasteiger partial charge is 0.255 e. The second-order valence-electron chi connectivity index (χ2n) is 5.08. The number of primary amides is 1. The predicted octanol–water partition coefficient (Wildman–Crippen LogP) is 0.555. The summed E-state index contributed by atoms with van der Waals surface area (Å²) in [4.78, 5) is 10.6. The molecule has 0 radical (unpaired) electrons. The molecule has 1 aliphatic carbocycles. The lowest BCUT2D eigenvalue weighted by Gasteiger charge is -2.36. The predicted molar refractivity (Wildman–Crippen MR) is 71.6 cm³/mol. The van der Waals surface area contributed by atoms with Crippen molar-refractivity contribution in [2.24, 2.45) is 5.73 Å². The SMILES string of the molecule is NC(=O)COc1ccc(CNCC2(O)CCC2)cc1. The summed E-state index contributed by atoms with van der Waals surface area (Å²) in [5, 5.41) is 13.2. The first-order valence-electron chi connectivity index (χ1n) is 6.51. The highest BCUT2D eigenvalue weighted by atomic mass is 16.5. The third-order valence-corrected chi connectivity index (χ3v) is 3.37. The van der Waals surface area contributed by atoms with E-state index in [1.54, 1.807) is 12.1 Å². The second kappa shape index (κ2) is 6.04. The monoisotopic (exact) mass is 264 g/mol. The minimum Gasteiger partial charge on any atom is -0.484 e. The number of aliphatic hydroxyl groups is 1. The van der Waals surface area contributed by atoms with Crippen molar-refractivity contribution in [1.82, 2.24) is 5.32 Å². The quantitative estimate of drug-likeness (QED) is 0.671. The summed E-state index contributed by atoms with van der Waals surface area (Å²) in [5.74, 6) is 0.139. The van der Waals surface area contributed by atoms with Gasteiger partial charge in [0, 0.05) is 13.1 Å². The van der Waals surface area contributed by atoms with E-state index in [1.165, 1.54) is 0 Å². The van der Waals surface area contributed by atoms with Gasteiger partial charge in [-0.15, -0.1) is 0 Å². The second-order valence-corrected chi connectivity index (χ2v) is 5.08. The minimum absolute atomic E-state index is 0.107. The molecule has 1 aliphatic rings. The van der Waals surface area contributed by atoms with Gasteiger partial charge in [0.2, 0.25) is 0 Å². The Bertz CT molecular complexity index is 427. The molecular weight excluding hydrogens is 244 g/mol. The summed E-state index contributed by atoms with van der Waals surface area (Å²) < 4.78 is 5.17. The molecule has 0 heterocycles. The van der Waals surface area contributed by atoms with Crippen LogP contribution in [0.2, 0.25) is 0 Å². The normalized spacial score (nSPS) is 16.7. The number of nitrogens with two attached hydrogens (primary N) is 1. The van der Waals surface area contributed by atoms with Crippen LogP contribution >= 0.6 is 0 Å². The van der Waals surface area contributed by atoms with E-state index in [4.69, 9.17) is 10.5 Å². The van der Waals surface area contributed by atoms with Gasteiger partial charge in [0.1, 0.15) is 5.75 Å². The average Bonchev–Trinajstić information content (AvgIpc) is 2.36. The minimum atomic E-state index is -0.495. The van der Waals surface area contributed by atoms with Gasteiger partial charge in [-0.1, -0.05) is 12.1 Å². The molecule has 5 heteroatoms. The number of benzene rings is 1. The van der Waals surface area contributed by atoms with Crippen molar-refractivity contribution in [2.45, 2.75) is 31.4 Å². The maximum Gasteiger partial charge on any atom is 0.255 e. The third-order valence-electron chi connectivity index (χ3n) is 3.37. The van der Waals surface area contributed by atoms with Crippen LogP contribution in [-0.4, -0.2) is 29.8 Å². The van der Waals surface area contributed by atoms with E-state index < -0.39 is 11.5 Å². The van der Waals surface area contributed by atoms with Gasteiger partial charge in [-0.3, -0.25) is 4.79 Å². The molecule has 1 saturated carbocycles. The molecule has 1 amide bonds. The first kappa shape index (κ1) is 13.8. The van der Waals surface area contributed by atoms with Crippen molar-refractivity contribution < 1.29 is 14.6 Å². The Morgan fingerprint density at radius 3 is 2.58 bits per heavy atom. The number of hydrogen-bond donors (Lipinski definition) is 3. The first-order chi connectivity index (χ1) is 9.07. The average molecular weight is 264 g/mol. The Labute approximate surface area is 112 Å². The van der Waals surface area contributed by atoms with Crippen molar-refractivity contribution in [3.8, 4) is 5.75 Å². The van der Waals surface area contributed by atoms with Crippen molar-refractivity contribution in [3.05, 3.63) is 29.8 Å². The van der Waals surface area contributed by atoms with Crippen molar-refractivity contribution in [1.29, 1.82) is 0 Å². The molecule has 0 aliphatic heterocycles. The molecule has 1 aromatic rings.